The second-order valence-corrected chi connectivity index (χ2v) is 4.34. The molecule has 0 aliphatic carbocycles. The summed E-state index contributed by atoms with van der Waals surface area (Å²) in [6.07, 6.45) is 2.90. The van der Waals surface area contributed by atoms with E-state index in [4.69, 9.17) is 5.11 Å². The van der Waals surface area contributed by atoms with E-state index < -0.39 is 5.97 Å². The summed E-state index contributed by atoms with van der Waals surface area (Å²) in [5.41, 5.74) is 0.605. The second kappa shape index (κ2) is 6.60. The van der Waals surface area contributed by atoms with Gasteiger partial charge in [-0.05, 0) is 19.1 Å². The van der Waals surface area contributed by atoms with Crippen LogP contribution >= 0.6 is 0 Å². The van der Waals surface area contributed by atoms with E-state index >= 15 is 0 Å². The second-order valence-electron chi connectivity index (χ2n) is 4.34. The number of rotatable bonds is 6. The van der Waals surface area contributed by atoms with Crippen molar-refractivity contribution in [3.63, 3.8) is 0 Å². The minimum atomic E-state index is -1.17. The number of likely N-dealkylation sites (N-methyl/N-ethyl adjacent to an activating group) is 1. The van der Waals surface area contributed by atoms with Crippen molar-refractivity contribution in [2.75, 3.05) is 6.54 Å². The molecule has 0 atom stereocenters. The first-order valence-corrected chi connectivity index (χ1v) is 6.41. The van der Waals surface area contributed by atoms with Crippen LogP contribution in [0.5, 0.6) is 0 Å². The molecule has 2 rings (SSSR count). The van der Waals surface area contributed by atoms with Crippen LogP contribution in [0.25, 0.3) is 0 Å². The summed E-state index contributed by atoms with van der Waals surface area (Å²) < 4.78 is 1.22. The van der Waals surface area contributed by atoms with Crippen molar-refractivity contribution in [1.29, 1.82) is 0 Å². The van der Waals surface area contributed by atoms with Gasteiger partial charge in [-0.2, -0.15) is 0 Å². The van der Waals surface area contributed by atoms with Crippen molar-refractivity contribution < 1.29 is 14.7 Å². The van der Waals surface area contributed by atoms with Crippen molar-refractivity contribution in [1.82, 2.24) is 24.9 Å². The molecule has 0 saturated heterocycles. The van der Waals surface area contributed by atoms with Crippen LogP contribution in [0, 0.1) is 0 Å². The summed E-state index contributed by atoms with van der Waals surface area (Å²) in [6, 6.07) is 5.51. The lowest BCUT2D eigenvalue weighted by Gasteiger charge is -2.20. The highest BCUT2D eigenvalue weighted by molar-refractivity contribution is 5.84. The molecule has 2 heterocycles. The standard InChI is InChI=1S/C13H15N5O3/c1-2-17(7-10-5-3-4-6-14-10)12(19)9-18-8-11(13(20)21)15-16-18/h3-6,8H,2,7,9H2,1H3,(H,20,21). The number of aromatic carboxylic acids is 1. The number of carboxylic acids is 1. The van der Waals surface area contributed by atoms with Gasteiger partial charge in [-0.3, -0.25) is 9.78 Å². The maximum Gasteiger partial charge on any atom is 0.358 e. The Labute approximate surface area is 121 Å². The maximum absolute atomic E-state index is 12.2. The first kappa shape index (κ1) is 14.6. The van der Waals surface area contributed by atoms with E-state index in [1.807, 2.05) is 25.1 Å². The van der Waals surface area contributed by atoms with Gasteiger partial charge >= 0.3 is 5.97 Å². The van der Waals surface area contributed by atoms with E-state index in [9.17, 15) is 9.59 Å². The molecule has 0 aromatic carbocycles. The predicted octanol–water partition coefficient (Wildman–Crippen LogP) is 0.420. The third-order valence-electron chi connectivity index (χ3n) is 2.87. The molecule has 1 amide bonds. The SMILES string of the molecule is CCN(Cc1ccccn1)C(=O)Cn1cc(C(=O)O)nn1. The normalized spacial score (nSPS) is 10.3. The van der Waals surface area contributed by atoms with Crippen molar-refractivity contribution >= 4 is 11.9 Å². The summed E-state index contributed by atoms with van der Waals surface area (Å²) in [5, 5.41) is 15.9. The Kier molecular flexibility index (Phi) is 4.60. The van der Waals surface area contributed by atoms with Gasteiger partial charge < -0.3 is 10.0 Å². The van der Waals surface area contributed by atoms with Gasteiger partial charge in [0, 0.05) is 12.7 Å². The number of carboxylic acid groups (broad SMARTS) is 1. The zero-order valence-electron chi connectivity index (χ0n) is 11.5. The lowest BCUT2D eigenvalue weighted by molar-refractivity contribution is -0.132. The molecule has 8 heteroatoms. The highest BCUT2D eigenvalue weighted by atomic mass is 16.4. The molecule has 2 aromatic heterocycles. The number of hydrogen-bond donors (Lipinski definition) is 1. The van der Waals surface area contributed by atoms with Crippen LogP contribution in [0.1, 0.15) is 23.1 Å². The molecule has 0 aliphatic heterocycles. The summed E-state index contributed by atoms with van der Waals surface area (Å²) in [6.45, 7) is 2.73. The van der Waals surface area contributed by atoms with Gasteiger partial charge in [0.1, 0.15) is 6.54 Å². The summed E-state index contributed by atoms with van der Waals surface area (Å²) in [5.74, 6) is -1.35. The Balaban J connectivity index is 2.01. The Morgan fingerprint density at radius 3 is 2.76 bits per heavy atom. The Hall–Kier alpha value is -2.77. The Morgan fingerprint density at radius 1 is 1.38 bits per heavy atom. The molecule has 1 N–H and O–H groups in total. The number of carbonyl (C=O) groups is 2. The lowest BCUT2D eigenvalue weighted by Crippen LogP contribution is -2.33. The molecule has 0 bridgehead atoms. The predicted molar refractivity (Wildman–Crippen MR) is 72.3 cm³/mol. The number of pyridine rings is 1. The molecule has 0 fully saturated rings. The van der Waals surface area contributed by atoms with Crippen molar-refractivity contribution in [3.8, 4) is 0 Å². The average Bonchev–Trinajstić information content (AvgIpc) is 2.94. The highest BCUT2D eigenvalue weighted by Gasteiger charge is 2.15. The van der Waals surface area contributed by atoms with Crippen molar-refractivity contribution in [2.45, 2.75) is 20.0 Å². The zero-order chi connectivity index (χ0) is 15.2. The van der Waals surface area contributed by atoms with Gasteiger partial charge in [0.05, 0.1) is 18.4 Å². The number of nitrogens with zero attached hydrogens (tertiary/aromatic N) is 5. The van der Waals surface area contributed by atoms with Crippen LogP contribution < -0.4 is 0 Å². The number of aromatic nitrogens is 4. The fourth-order valence-electron chi connectivity index (χ4n) is 1.78. The van der Waals surface area contributed by atoms with E-state index in [1.165, 1.54) is 10.9 Å². The van der Waals surface area contributed by atoms with Gasteiger partial charge in [-0.1, -0.05) is 11.3 Å². The van der Waals surface area contributed by atoms with E-state index in [0.717, 1.165) is 5.69 Å². The van der Waals surface area contributed by atoms with Gasteiger partial charge in [0.2, 0.25) is 5.91 Å². The molecule has 0 aliphatic rings. The van der Waals surface area contributed by atoms with Crippen LogP contribution in [0.15, 0.2) is 30.6 Å². The third kappa shape index (κ3) is 3.85. The molecule has 0 saturated carbocycles. The molecule has 0 unspecified atom stereocenters. The van der Waals surface area contributed by atoms with Crippen LogP contribution in [0.3, 0.4) is 0 Å². The smallest absolute Gasteiger partial charge is 0.358 e. The summed E-state index contributed by atoms with van der Waals surface area (Å²) in [7, 11) is 0. The largest absolute Gasteiger partial charge is 0.476 e. The van der Waals surface area contributed by atoms with E-state index in [1.54, 1.807) is 11.1 Å². The van der Waals surface area contributed by atoms with Gasteiger partial charge in [0.25, 0.3) is 0 Å². The first-order valence-electron chi connectivity index (χ1n) is 6.41. The van der Waals surface area contributed by atoms with Crippen molar-refractivity contribution in [3.05, 3.63) is 42.0 Å². The summed E-state index contributed by atoms with van der Waals surface area (Å²) >= 11 is 0. The fourth-order valence-corrected chi connectivity index (χ4v) is 1.78. The first-order chi connectivity index (χ1) is 10.1. The van der Waals surface area contributed by atoms with Gasteiger partial charge in [0.15, 0.2) is 5.69 Å². The average molecular weight is 289 g/mol. The van der Waals surface area contributed by atoms with Gasteiger partial charge in [-0.15, -0.1) is 5.10 Å². The van der Waals surface area contributed by atoms with E-state index in [-0.39, 0.29) is 18.1 Å². The molecule has 110 valence electrons. The van der Waals surface area contributed by atoms with E-state index in [0.29, 0.717) is 13.1 Å². The minimum Gasteiger partial charge on any atom is -0.476 e. The topological polar surface area (TPSA) is 101 Å². The van der Waals surface area contributed by atoms with E-state index in [2.05, 4.69) is 15.3 Å². The molecule has 0 radical (unpaired) electrons. The lowest BCUT2D eigenvalue weighted by atomic mass is 10.3. The Morgan fingerprint density at radius 2 is 2.19 bits per heavy atom. The van der Waals surface area contributed by atoms with Crippen LogP contribution in [-0.2, 0) is 17.9 Å². The number of carbonyl (C=O) groups excluding carboxylic acids is 1. The Bertz CT molecular complexity index is 626. The third-order valence-corrected chi connectivity index (χ3v) is 2.87. The van der Waals surface area contributed by atoms with Crippen molar-refractivity contribution in [2.24, 2.45) is 0 Å². The van der Waals surface area contributed by atoms with Crippen LogP contribution in [0.2, 0.25) is 0 Å². The van der Waals surface area contributed by atoms with Crippen LogP contribution in [-0.4, -0.2) is 48.4 Å². The number of amides is 1. The fraction of sp³-hybridized carbons (Fsp3) is 0.308. The molecule has 8 nitrogen and oxygen atoms in total. The highest BCUT2D eigenvalue weighted by Crippen LogP contribution is 2.03. The van der Waals surface area contributed by atoms with Gasteiger partial charge in [-0.25, -0.2) is 9.48 Å². The molecule has 21 heavy (non-hydrogen) atoms. The number of hydrogen-bond acceptors (Lipinski definition) is 5. The summed E-state index contributed by atoms with van der Waals surface area (Å²) in [4.78, 5) is 28.7. The minimum absolute atomic E-state index is 0.0546. The molecule has 2 aromatic rings. The quantitative estimate of drug-likeness (QED) is 0.827. The van der Waals surface area contributed by atoms with Crippen LogP contribution in [0.4, 0.5) is 0 Å². The monoisotopic (exact) mass is 289 g/mol. The molecule has 0 spiro atoms. The molecular formula is C13H15N5O3. The molecular weight excluding hydrogens is 274 g/mol. The maximum atomic E-state index is 12.2. The zero-order valence-corrected chi connectivity index (χ0v) is 11.5.